The standard InChI is InChI=1S/C6H6F3NO/c7-6(8,9)4-1-2-10-5(4)3-11/h1-2,10-11H,3H2. The van der Waals surface area contributed by atoms with Gasteiger partial charge in [-0.15, -0.1) is 0 Å². The van der Waals surface area contributed by atoms with Gasteiger partial charge in [-0.25, -0.2) is 0 Å². The monoisotopic (exact) mass is 165 g/mol. The van der Waals surface area contributed by atoms with Crippen LogP contribution in [0.2, 0.25) is 0 Å². The van der Waals surface area contributed by atoms with Gasteiger partial charge >= 0.3 is 6.18 Å². The average Bonchev–Trinajstić information content (AvgIpc) is 2.31. The highest BCUT2D eigenvalue weighted by atomic mass is 19.4. The highest BCUT2D eigenvalue weighted by molar-refractivity contribution is 5.22. The predicted octanol–water partition coefficient (Wildman–Crippen LogP) is 1.53. The number of alkyl halides is 3. The van der Waals surface area contributed by atoms with Crippen LogP contribution in [0.25, 0.3) is 0 Å². The maximum atomic E-state index is 11.9. The lowest BCUT2D eigenvalue weighted by molar-refractivity contribution is -0.138. The van der Waals surface area contributed by atoms with Crippen LogP contribution in [0, 0.1) is 0 Å². The van der Waals surface area contributed by atoms with Gasteiger partial charge in [0.25, 0.3) is 0 Å². The molecule has 11 heavy (non-hydrogen) atoms. The van der Waals surface area contributed by atoms with Crippen LogP contribution < -0.4 is 0 Å². The number of hydrogen-bond donors (Lipinski definition) is 2. The summed E-state index contributed by atoms with van der Waals surface area (Å²) in [6, 6.07) is 0.894. The van der Waals surface area contributed by atoms with Crippen molar-refractivity contribution in [2.45, 2.75) is 12.8 Å². The Morgan fingerprint density at radius 3 is 2.45 bits per heavy atom. The van der Waals surface area contributed by atoms with Crippen molar-refractivity contribution >= 4 is 0 Å². The highest BCUT2D eigenvalue weighted by Gasteiger charge is 2.33. The molecule has 5 heteroatoms. The average molecular weight is 165 g/mol. The zero-order valence-electron chi connectivity index (χ0n) is 5.44. The molecule has 0 aliphatic rings. The van der Waals surface area contributed by atoms with Crippen molar-refractivity contribution in [2.24, 2.45) is 0 Å². The first-order chi connectivity index (χ1) is 5.05. The van der Waals surface area contributed by atoms with E-state index in [-0.39, 0.29) is 5.69 Å². The molecule has 0 unspecified atom stereocenters. The van der Waals surface area contributed by atoms with Crippen molar-refractivity contribution < 1.29 is 18.3 Å². The lowest BCUT2D eigenvalue weighted by Crippen LogP contribution is -2.06. The summed E-state index contributed by atoms with van der Waals surface area (Å²) >= 11 is 0. The third-order valence-corrected chi connectivity index (χ3v) is 1.30. The molecular formula is C6H6F3NO. The third-order valence-electron chi connectivity index (χ3n) is 1.30. The minimum Gasteiger partial charge on any atom is -0.390 e. The molecule has 0 amide bonds. The van der Waals surface area contributed by atoms with E-state index < -0.39 is 18.3 Å². The number of aromatic amines is 1. The van der Waals surface area contributed by atoms with Gasteiger partial charge in [-0.1, -0.05) is 0 Å². The van der Waals surface area contributed by atoms with Crippen LogP contribution in [0.3, 0.4) is 0 Å². The van der Waals surface area contributed by atoms with E-state index >= 15 is 0 Å². The molecule has 1 rings (SSSR count). The van der Waals surface area contributed by atoms with Gasteiger partial charge in [-0.05, 0) is 6.07 Å². The van der Waals surface area contributed by atoms with Crippen molar-refractivity contribution in [2.75, 3.05) is 0 Å². The summed E-state index contributed by atoms with van der Waals surface area (Å²) in [6.07, 6.45) is -3.23. The Hall–Kier alpha value is -0.970. The molecule has 0 bridgehead atoms. The van der Waals surface area contributed by atoms with Gasteiger partial charge in [0.05, 0.1) is 17.9 Å². The second-order valence-electron chi connectivity index (χ2n) is 2.03. The Morgan fingerprint density at radius 1 is 1.45 bits per heavy atom. The van der Waals surface area contributed by atoms with Gasteiger partial charge in [0.15, 0.2) is 0 Å². The molecule has 0 fully saturated rings. The van der Waals surface area contributed by atoms with Crippen LogP contribution in [0.5, 0.6) is 0 Å². The summed E-state index contributed by atoms with van der Waals surface area (Å²) in [5.41, 5.74) is -1.00. The maximum Gasteiger partial charge on any atom is 0.418 e. The van der Waals surface area contributed by atoms with E-state index in [1.807, 2.05) is 0 Å². The fourth-order valence-corrected chi connectivity index (χ4v) is 0.800. The molecule has 1 heterocycles. The number of hydrogen-bond acceptors (Lipinski definition) is 1. The minimum absolute atomic E-state index is 0.197. The summed E-state index contributed by atoms with van der Waals surface area (Å²) in [6.45, 7) is -0.623. The maximum absolute atomic E-state index is 11.9. The molecule has 0 spiro atoms. The normalized spacial score (nSPS) is 12.0. The predicted molar refractivity (Wildman–Crippen MR) is 31.7 cm³/mol. The van der Waals surface area contributed by atoms with Crippen LogP contribution in [0.15, 0.2) is 12.3 Å². The number of rotatable bonds is 1. The molecule has 62 valence electrons. The second-order valence-corrected chi connectivity index (χ2v) is 2.03. The summed E-state index contributed by atoms with van der Waals surface area (Å²) in [4.78, 5) is 2.29. The van der Waals surface area contributed by atoms with E-state index in [4.69, 9.17) is 5.11 Å². The molecule has 1 aromatic rings. The Morgan fingerprint density at radius 2 is 2.09 bits per heavy atom. The second kappa shape index (κ2) is 2.58. The van der Waals surface area contributed by atoms with Crippen LogP contribution in [-0.2, 0) is 12.8 Å². The van der Waals surface area contributed by atoms with Crippen LogP contribution in [-0.4, -0.2) is 10.1 Å². The van der Waals surface area contributed by atoms with Crippen LogP contribution in [0.4, 0.5) is 13.2 Å². The molecule has 0 saturated heterocycles. The van der Waals surface area contributed by atoms with Gasteiger partial charge in [-0.2, -0.15) is 13.2 Å². The zero-order valence-corrected chi connectivity index (χ0v) is 5.44. The highest BCUT2D eigenvalue weighted by Crippen LogP contribution is 2.31. The van der Waals surface area contributed by atoms with E-state index in [0.717, 1.165) is 12.3 Å². The first-order valence-corrected chi connectivity index (χ1v) is 2.90. The molecule has 2 N–H and O–H groups in total. The number of aliphatic hydroxyl groups is 1. The quantitative estimate of drug-likeness (QED) is 0.650. The molecule has 0 atom stereocenters. The minimum atomic E-state index is -4.38. The molecule has 2 nitrogen and oxygen atoms in total. The van der Waals surface area contributed by atoms with Crippen molar-refractivity contribution in [1.29, 1.82) is 0 Å². The Bertz CT molecular complexity index is 240. The topological polar surface area (TPSA) is 36.0 Å². The van der Waals surface area contributed by atoms with E-state index in [1.54, 1.807) is 0 Å². The van der Waals surface area contributed by atoms with Crippen LogP contribution in [0.1, 0.15) is 11.3 Å². The van der Waals surface area contributed by atoms with E-state index in [1.165, 1.54) is 0 Å². The van der Waals surface area contributed by atoms with Gasteiger partial charge in [0.1, 0.15) is 0 Å². The van der Waals surface area contributed by atoms with Gasteiger partial charge < -0.3 is 10.1 Å². The van der Waals surface area contributed by atoms with E-state index in [0.29, 0.717) is 0 Å². The number of aliphatic hydroxyl groups excluding tert-OH is 1. The first-order valence-electron chi connectivity index (χ1n) is 2.90. The molecule has 0 radical (unpaired) electrons. The summed E-state index contributed by atoms with van der Waals surface area (Å²) < 4.78 is 35.8. The number of aromatic nitrogens is 1. The van der Waals surface area contributed by atoms with Crippen molar-refractivity contribution in [3.8, 4) is 0 Å². The lowest BCUT2D eigenvalue weighted by Gasteiger charge is -2.04. The molecule has 0 aromatic carbocycles. The van der Waals surface area contributed by atoms with Crippen LogP contribution >= 0.6 is 0 Å². The number of nitrogens with one attached hydrogen (secondary N) is 1. The molecule has 1 aromatic heterocycles. The van der Waals surface area contributed by atoms with Gasteiger partial charge in [0.2, 0.25) is 0 Å². The largest absolute Gasteiger partial charge is 0.418 e. The molecule has 0 aliphatic heterocycles. The smallest absolute Gasteiger partial charge is 0.390 e. The van der Waals surface area contributed by atoms with E-state index in [9.17, 15) is 13.2 Å². The first kappa shape index (κ1) is 8.13. The SMILES string of the molecule is OCc1[nH]ccc1C(F)(F)F. The third kappa shape index (κ3) is 1.54. The summed E-state index contributed by atoms with van der Waals surface area (Å²) in [5.74, 6) is 0. The van der Waals surface area contributed by atoms with Gasteiger partial charge in [0, 0.05) is 6.20 Å². The van der Waals surface area contributed by atoms with E-state index in [2.05, 4.69) is 4.98 Å². The Labute approximate surface area is 60.7 Å². The van der Waals surface area contributed by atoms with Crippen molar-refractivity contribution in [3.63, 3.8) is 0 Å². The molecule has 0 saturated carbocycles. The lowest BCUT2D eigenvalue weighted by atomic mass is 10.2. The number of halogens is 3. The van der Waals surface area contributed by atoms with Gasteiger partial charge in [-0.3, -0.25) is 0 Å². The fraction of sp³-hybridized carbons (Fsp3) is 0.333. The molecule has 0 aliphatic carbocycles. The number of H-pyrrole nitrogens is 1. The summed E-state index contributed by atoms with van der Waals surface area (Å²) in [5, 5.41) is 8.44. The Kier molecular flexibility index (Phi) is 1.90. The zero-order chi connectivity index (χ0) is 8.48. The summed E-state index contributed by atoms with van der Waals surface area (Å²) in [7, 11) is 0. The Balaban J connectivity index is 3.02. The van der Waals surface area contributed by atoms with Crippen molar-refractivity contribution in [3.05, 3.63) is 23.5 Å². The fourth-order valence-electron chi connectivity index (χ4n) is 0.800. The van der Waals surface area contributed by atoms with Crippen molar-refractivity contribution in [1.82, 2.24) is 4.98 Å². The molecular weight excluding hydrogens is 159 g/mol.